The summed E-state index contributed by atoms with van der Waals surface area (Å²) >= 11 is 6.06. The molecule has 10 nitrogen and oxygen atoms in total. The van der Waals surface area contributed by atoms with Crippen molar-refractivity contribution in [1.82, 2.24) is 9.66 Å². The molecule has 4 aromatic rings. The molecule has 0 aliphatic rings. The van der Waals surface area contributed by atoms with Crippen LogP contribution in [0, 0.1) is 10.1 Å². The van der Waals surface area contributed by atoms with Gasteiger partial charge in [0.25, 0.3) is 5.56 Å². The monoisotopic (exact) mass is 492 g/mol. The summed E-state index contributed by atoms with van der Waals surface area (Å²) in [6.45, 7) is 1.23. The molecular weight excluding hydrogens is 476 g/mol. The van der Waals surface area contributed by atoms with E-state index in [0.717, 1.165) is 17.0 Å². The summed E-state index contributed by atoms with van der Waals surface area (Å²) in [7, 11) is 0. The predicted octanol–water partition coefficient (Wildman–Crippen LogP) is 4.36. The average Bonchev–Trinajstić information content (AvgIpc) is 2.84. The van der Waals surface area contributed by atoms with Crippen LogP contribution < -0.4 is 10.3 Å². The zero-order chi connectivity index (χ0) is 25.1. The maximum absolute atomic E-state index is 13.3. The zero-order valence-electron chi connectivity index (χ0n) is 18.2. The number of carboxylic acid groups (broad SMARTS) is 1. The van der Waals surface area contributed by atoms with Crippen LogP contribution in [0.2, 0.25) is 5.02 Å². The molecule has 0 amide bonds. The largest absolute Gasteiger partial charge is 0.479 e. The van der Waals surface area contributed by atoms with Crippen molar-refractivity contribution in [1.29, 1.82) is 0 Å². The highest BCUT2D eigenvalue weighted by atomic mass is 35.5. The lowest BCUT2D eigenvalue weighted by molar-refractivity contribution is -0.386. The number of para-hydroxylation sites is 1. The molecule has 0 radical (unpaired) electrons. The molecule has 0 fully saturated rings. The lowest BCUT2D eigenvalue weighted by Crippen LogP contribution is -2.24. The van der Waals surface area contributed by atoms with Crippen LogP contribution in [0.1, 0.15) is 12.5 Å². The molecule has 0 aliphatic heterocycles. The number of rotatable bonds is 7. The minimum absolute atomic E-state index is 0.000689. The lowest BCUT2D eigenvalue weighted by atomic mass is 10.1. The van der Waals surface area contributed by atoms with E-state index in [1.807, 2.05) is 6.07 Å². The van der Waals surface area contributed by atoms with Gasteiger partial charge in [-0.2, -0.15) is 9.78 Å². The first-order valence-corrected chi connectivity index (χ1v) is 10.6. The summed E-state index contributed by atoms with van der Waals surface area (Å²) in [6, 6.07) is 18.0. The topological polar surface area (TPSA) is 137 Å². The highest BCUT2D eigenvalue weighted by molar-refractivity contribution is 6.31. The second kappa shape index (κ2) is 9.74. The van der Waals surface area contributed by atoms with Gasteiger partial charge >= 0.3 is 11.7 Å². The van der Waals surface area contributed by atoms with E-state index in [1.54, 1.807) is 48.5 Å². The van der Waals surface area contributed by atoms with E-state index in [1.165, 1.54) is 13.0 Å². The predicted molar refractivity (Wildman–Crippen MR) is 130 cm³/mol. The van der Waals surface area contributed by atoms with Crippen LogP contribution in [0.3, 0.4) is 0 Å². The Morgan fingerprint density at radius 1 is 1.20 bits per heavy atom. The van der Waals surface area contributed by atoms with Gasteiger partial charge in [-0.1, -0.05) is 54.1 Å². The van der Waals surface area contributed by atoms with E-state index in [9.17, 15) is 24.8 Å². The Morgan fingerprint density at radius 2 is 1.89 bits per heavy atom. The second-order valence-corrected chi connectivity index (χ2v) is 7.82. The first-order valence-electron chi connectivity index (χ1n) is 10.2. The number of hydrogen-bond donors (Lipinski definition) is 1. The van der Waals surface area contributed by atoms with Crippen LogP contribution in [-0.2, 0) is 4.79 Å². The van der Waals surface area contributed by atoms with Gasteiger partial charge in [-0.3, -0.25) is 14.9 Å². The number of nitro benzene ring substituents is 1. The third-order valence-electron chi connectivity index (χ3n) is 5.00. The molecule has 1 atom stereocenters. The maximum Gasteiger partial charge on any atom is 0.344 e. The molecule has 0 aliphatic carbocycles. The molecule has 0 unspecified atom stereocenters. The van der Waals surface area contributed by atoms with Crippen molar-refractivity contribution >= 4 is 40.4 Å². The molecule has 35 heavy (non-hydrogen) atoms. The molecule has 1 aromatic heterocycles. The van der Waals surface area contributed by atoms with Crippen molar-refractivity contribution in [2.45, 2.75) is 13.0 Å². The van der Waals surface area contributed by atoms with E-state index in [2.05, 4.69) is 10.1 Å². The molecular formula is C24H17ClN4O6. The van der Waals surface area contributed by atoms with Gasteiger partial charge in [-0.05, 0) is 25.1 Å². The van der Waals surface area contributed by atoms with Crippen LogP contribution in [-0.4, -0.2) is 38.0 Å². The number of carbonyl (C=O) groups is 1. The first-order chi connectivity index (χ1) is 16.8. The van der Waals surface area contributed by atoms with Crippen molar-refractivity contribution in [3.63, 3.8) is 0 Å². The number of ether oxygens (including phenoxy) is 1. The van der Waals surface area contributed by atoms with Crippen molar-refractivity contribution < 1.29 is 19.6 Å². The standard InChI is InChI=1S/C24H17ClN4O6/c1-14(24(31)32)35-21-16(11-17(25)12-20(21)29(33)34)13-26-28-22(15-7-3-2-4-8-15)27-19-10-6-5-9-18(19)23(28)30/h2-14H,1H3,(H,31,32)/t14-/m0/s1. The Morgan fingerprint density at radius 3 is 2.57 bits per heavy atom. The molecule has 0 saturated carbocycles. The fourth-order valence-electron chi connectivity index (χ4n) is 3.31. The molecule has 3 aromatic carbocycles. The Balaban J connectivity index is 1.93. The number of carboxylic acids is 1. The number of nitro groups is 1. The van der Waals surface area contributed by atoms with Gasteiger partial charge in [0.15, 0.2) is 11.9 Å². The molecule has 1 heterocycles. The molecule has 0 saturated heterocycles. The van der Waals surface area contributed by atoms with Gasteiger partial charge in [0, 0.05) is 22.2 Å². The molecule has 176 valence electrons. The van der Waals surface area contributed by atoms with Crippen molar-refractivity contribution in [2.24, 2.45) is 5.10 Å². The van der Waals surface area contributed by atoms with Crippen LogP contribution in [0.4, 0.5) is 5.69 Å². The van der Waals surface area contributed by atoms with Gasteiger partial charge < -0.3 is 9.84 Å². The number of benzene rings is 3. The first kappa shape index (κ1) is 23.6. The third kappa shape index (κ3) is 4.87. The summed E-state index contributed by atoms with van der Waals surface area (Å²) in [5.41, 5.74) is 0.0837. The van der Waals surface area contributed by atoms with E-state index >= 15 is 0 Å². The quantitative estimate of drug-likeness (QED) is 0.230. The lowest BCUT2D eigenvalue weighted by Gasteiger charge is -2.13. The number of fused-ring (bicyclic) bond motifs is 1. The fraction of sp³-hybridized carbons (Fsp3) is 0.0833. The van der Waals surface area contributed by atoms with E-state index in [0.29, 0.717) is 16.5 Å². The molecule has 11 heteroatoms. The van der Waals surface area contributed by atoms with Gasteiger partial charge in [0.05, 0.1) is 22.0 Å². The van der Waals surface area contributed by atoms with Gasteiger partial charge in [-0.15, -0.1) is 0 Å². The summed E-state index contributed by atoms with van der Waals surface area (Å²) in [5.74, 6) is -1.43. The second-order valence-electron chi connectivity index (χ2n) is 7.38. The highest BCUT2D eigenvalue weighted by Gasteiger charge is 2.25. The highest BCUT2D eigenvalue weighted by Crippen LogP contribution is 2.34. The average molecular weight is 493 g/mol. The third-order valence-corrected chi connectivity index (χ3v) is 5.22. The number of aromatic nitrogens is 2. The minimum atomic E-state index is -1.40. The van der Waals surface area contributed by atoms with E-state index in [-0.39, 0.29) is 22.2 Å². The molecule has 1 N–H and O–H groups in total. The van der Waals surface area contributed by atoms with E-state index < -0.39 is 28.2 Å². The summed E-state index contributed by atoms with van der Waals surface area (Å²) < 4.78 is 6.43. The fourth-order valence-corrected chi connectivity index (χ4v) is 3.53. The number of aliphatic carboxylic acids is 1. The SMILES string of the molecule is C[C@H](Oc1c(C=Nn2c(-c3ccccc3)nc3ccccc3c2=O)cc(Cl)cc1[N+](=O)[O-])C(=O)O. The van der Waals surface area contributed by atoms with Crippen LogP contribution in [0.5, 0.6) is 5.75 Å². The van der Waals surface area contributed by atoms with Crippen molar-refractivity contribution in [3.05, 3.63) is 97.8 Å². The zero-order valence-corrected chi connectivity index (χ0v) is 18.9. The van der Waals surface area contributed by atoms with Crippen molar-refractivity contribution in [2.75, 3.05) is 0 Å². The number of hydrogen-bond acceptors (Lipinski definition) is 7. The molecule has 4 rings (SSSR count). The smallest absolute Gasteiger partial charge is 0.344 e. The van der Waals surface area contributed by atoms with Crippen LogP contribution in [0.15, 0.2) is 76.6 Å². The van der Waals surface area contributed by atoms with Crippen LogP contribution >= 0.6 is 11.6 Å². The Labute approximate surface area is 202 Å². The molecule has 0 spiro atoms. The Kier molecular flexibility index (Phi) is 6.56. The summed E-state index contributed by atoms with van der Waals surface area (Å²) in [5, 5.41) is 25.4. The summed E-state index contributed by atoms with van der Waals surface area (Å²) in [6.07, 6.45) is -0.250. The van der Waals surface area contributed by atoms with Gasteiger partial charge in [-0.25, -0.2) is 9.78 Å². The summed E-state index contributed by atoms with van der Waals surface area (Å²) in [4.78, 5) is 40.0. The number of nitrogens with zero attached hydrogens (tertiary/aromatic N) is 4. The normalized spacial score (nSPS) is 12.1. The molecule has 0 bridgehead atoms. The minimum Gasteiger partial charge on any atom is -0.479 e. The Bertz CT molecular complexity index is 1530. The maximum atomic E-state index is 13.3. The van der Waals surface area contributed by atoms with Gasteiger partial charge in [0.2, 0.25) is 5.75 Å². The number of halogens is 1. The van der Waals surface area contributed by atoms with E-state index in [4.69, 9.17) is 16.3 Å². The Hall–Kier alpha value is -4.57. The van der Waals surface area contributed by atoms with Crippen LogP contribution in [0.25, 0.3) is 22.3 Å². The van der Waals surface area contributed by atoms with Crippen molar-refractivity contribution in [3.8, 4) is 17.1 Å². The van der Waals surface area contributed by atoms with Gasteiger partial charge in [0.1, 0.15) is 0 Å².